The Kier molecular flexibility index (Phi) is 12.9. The molecule has 0 amide bonds. The standard InChI is InChI=1S/C24H30F4N7O3.C2H6.K/c1-30-18(14-5-6-14)17(19(29)37-4)20-31-11-15(36-3)21(33-20)38-13-23(25)7-9-35(10-8-23)22-32-16(12-34(22)2)24(26,27)28;1-2;/h11-12,14,29H,5-10,13H2,1-4H3;1-2H3;/q-1;;+1/b18-17+,29-19?;;. The van der Waals surface area contributed by atoms with Gasteiger partial charge in [0.2, 0.25) is 11.8 Å². The fraction of sp³-hybridized carbons (Fsp3) is 0.615. The molecule has 0 spiro atoms. The number of alkyl halides is 4. The first-order valence-corrected chi connectivity index (χ1v) is 13.0. The maximum Gasteiger partial charge on any atom is 1.00 e. The van der Waals surface area contributed by atoms with Gasteiger partial charge in [0, 0.05) is 39.2 Å². The van der Waals surface area contributed by atoms with Crippen LogP contribution in [0.25, 0.3) is 10.9 Å². The zero-order chi connectivity index (χ0) is 29.7. The third-order valence-electron chi connectivity index (χ3n) is 6.61. The van der Waals surface area contributed by atoms with Crippen LogP contribution in [-0.2, 0) is 18.0 Å². The monoisotopic (exact) mass is 609 g/mol. The number of nitrogens with zero attached hydrogens (tertiary/aromatic N) is 6. The molecule has 4 rings (SSSR count). The zero-order valence-electron chi connectivity index (χ0n) is 24.6. The molecule has 2 fully saturated rings. The Hall–Kier alpha value is -1.94. The summed E-state index contributed by atoms with van der Waals surface area (Å²) in [4.78, 5) is 14.0. The molecule has 1 saturated carbocycles. The van der Waals surface area contributed by atoms with Crippen molar-refractivity contribution >= 4 is 17.4 Å². The average molecular weight is 610 g/mol. The second-order valence-corrected chi connectivity index (χ2v) is 9.32. The number of aryl methyl sites for hydroxylation is 1. The molecule has 2 aliphatic rings. The summed E-state index contributed by atoms with van der Waals surface area (Å²) >= 11 is 0. The molecule has 3 heterocycles. The summed E-state index contributed by atoms with van der Waals surface area (Å²) in [6.07, 6.45) is -0.355. The minimum atomic E-state index is -4.56. The molecule has 0 bridgehead atoms. The first kappa shape index (κ1) is 35.3. The van der Waals surface area contributed by atoms with Gasteiger partial charge >= 0.3 is 57.6 Å². The van der Waals surface area contributed by atoms with Crippen molar-refractivity contribution in [1.29, 1.82) is 5.41 Å². The van der Waals surface area contributed by atoms with E-state index in [4.69, 9.17) is 19.6 Å². The number of hydrogen-bond acceptors (Lipinski definition) is 8. The molecule has 1 aliphatic carbocycles. The first-order valence-electron chi connectivity index (χ1n) is 13.0. The average Bonchev–Trinajstić information content (AvgIpc) is 3.71. The van der Waals surface area contributed by atoms with Gasteiger partial charge in [-0.2, -0.15) is 18.2 Å². The van der Waals surface area contributed by atoms with Crippen molar-refractivity contribution in [1.82, 2.24) is 19.5 Å². The number of anilines is 1. The smallest absolute Gasteiger partial charge is 0.689 e. The zero-order valence-corrected chi connectivity index (χ0v) is 27.7. The van der Waals surface area contributed by atoms with E-state index in [1.807, 2.05) is 13.8 Å². The summed E-state index contributed by atoms with van der Waals surface area (Å²) < 4.78 is 72.3. The Morgan fingerprint density at radius 1 is 1.17 bits per heavy atom. The van der Waals surface area contributed by atoms with Gasteiger partial charge in [0.25, 0.3) is 5.88 Å². The van der Waals surface area contributed by atoms with Gasteiger partial charge in [0.1, 0.15) is 12.3 Å². The molecule has 2 aromatic heterocycles. The fourth-order valence-electron chi connectivity index (χ4n) is 4.35. The Morgan fingerprint density at radius 3 is 2.29 bits per heavy atom. The van der Waals surface area contributed by atoms with Crippen molar-refractivity contribution < 1.29 is 83.2 Å². The van der Waals surface area contributed by atoms with Crippen molar-refractivity contribution in [2.45, 2.75) is 51.4 Å². The molecule has 0 atom stereocenters. The van der Waals surface area contributed by atoms with Crippen LogP contribution >= 0.6 is 0 Å². The largest absolute Gasteiger partial charge is 1.00 e. The minimum absolute atomic E-state index is 0. The molecule has 1 aliphatic heterocycles. The Morgan fingerprint density at radius 2 is 1.80 bits per heavy atom. The SMILES string of the molecule is CC.C[N-]/C(=C(\C(=N)OC)c1ncc(OC)c(OCC2(F)CCN(c3nc(C(F)(F)F)cn3C)CC2)n1)C1CC1.[K+]. The molecule has 0 unspecified atom stereocenters. The van der Waals surface area contributed by atoms with E-state index in [0.29, 0.717) is 11.3 Å². The summed E-state index contributed by atoms with van der Waals surface area (Å²) in [5.41, 5.74) is -1.75. The van der Waals surface area contributed by atoms with Gasteiger partial charge in [0.15, 0.2) is 17.3 Å². The van der Waals surface area contributed by atoms with Crippen LogP contribution in [0.15, 0.2) is 18.1 Å². The van der Waals surface area contributed by atoms with Gasteiger partial charge < -0.3 is 29.0 Å². The summed E-state index contributed by atoms with van der Waals surface area (Å²) in [6.45, 7) is 3.97. The van der Waals surface area contributed by atoms with E-state index < -0.39 is 17.5 Å². The van der Waals surface area contributed by atoms with E-state index in [-0.39, 0.29) is 119 Å². The number of halogens is 4. The number of ether oxygens (including phenoxy) is 3. The molecular formula is C26H36F4KN7O3. The summed E-state index contributed by atoms with van der Waals surface area (Å²) in [5.74, 6) is 0.515. The van der Waals surface area contributed by atoms with Crippen LogP contribution in [0.4, 0.5) is 23.5 Å². The molecule has 2 aromatic rings. The number of allylic oxidation sites excluding steroid dienone is 1. The molecule has 0 aromatic carbocycles. The third-order valence-corrected chi connectivity index (χ3v) is 6.61. The summed E-state index contributed by atoms with van der Waals surface area (Å²) in [5, 5.41) is 12.6. The Labute approximate surface area is 280 Å². The van der Waals surface area contributed by atoms with E-state index in [0.717, 1.165) is 19.0 Å². The normalized spacial score (nSPS) is 16.9. The number of rotatable bonds is 9. The maximum atomic E-state index is 15.7. The van der Waals surface area contributed by atoms with Crippen molar-refractivity contribution in [3.8, 4) is 11.6 Å². The topological polar surface area (TPSA) is 112 Å². The molecule has 1 saturated heterocycles. The number of methoxy groups -OCH3 is 2. The predicted molar refractivity (Wildman–Crippen MR) is 143 cm³/mol. The van der Waals surface area contributed by atoms with E-state index in [2.05, 4.69) is 20.3 Å². The number of imidazole rings is 1. The maximum absolute atomic E-state index is 15.7. The van der Waals surface area contributed by atoms with Gasteiger partial charge in [0.05, 0.1) is 26.0 Å². The molecule has 1 N–H and O–H groups in total. The number of nitrogens with one attached hydrogen (secondary N) is 1. The van der Waals surface area contributed by atoms with Crippen LogP contribution < -0.4 is 65.8 Å². The molecule has 41 heavy (non-hydrogen) atoms. The van der Waals surface area contributed by atoms with Gasteiger partial charge in [-0.1, -0.05) is 13.8 Å². The van der Waals surface area contributed by atoms with E-state index >= 15 is 4.39 Å². The third kappa shape index (κ3) is 8.55. The summed E-state index contributed by atoms with van der Waals surface area (Å²) in [6, 6.07) is 0. The number of piperidine rings is 1. The fourth-order valence-corrected chi connectivity index (χ4v) is 4.35. The van der Waals surface area contributed by atoms with Crippen LogP contribution in [0.1, 0.15) is 51.0 Å². The minimum Gasteiger partial charge on any atom is -0.689 e. The van der Waals surface area contributed by atoms with Crippen molar-refractivity contribution in [2.24, 2.45) is 13.0 Å². The number of hydrogen-bond donors (Lipinski definition) is 1. The second-order valence-electron chi connectivity index (χ2n) is 9.32. The van der Waals surface area contributed by atoms with Gasteiger partial charge in [-0.05, 0) is 18.8 Å². The van der Waals surface area contributed by atoms with E-state index in [1.165, 1.54) is 32.0 Å². The van der Waals surface area contributed by atoms with Gasteiger partial charge in [-0.25, -0.2) is 14.4 Å². The first-order chi connectivity index (χ1) is 19.0. The molecule has 10 nitrogen and oxygen atoms in total. The molecular weight excluding hydrogens is 573 g/mol. The van der Waals surface area contributed by atoms with Crippen molar-refractivity contribution in [3.05, 3.63) is 34.9 Å². The molecule has 222 valence electrons. The summed E-state index contributed by atoms with van der Waals surface area (Å²) in [7, 11) is 5.88. The number of aromatic nitrogens is 4. The van der Waals surface area contributed by atoms with Crippen molar-refractivity contribution in [2.75, 3.05) is 45.9 Å². The van der Waals surface area contributed by atoms with Crippen molar-refractivity contribution in [3.63, 3.8) is 0 Å². The van der Waals surface area contributed by atoms with E-state index in [9.17, 15) is 13.2 Å². The second kappa shape index (κ2) is 15.0. The van der Waals surface area contributed by atoms with Gasteiger partial charge in [-0.3, -0.25) is 5.41 Å². The van der Waals surface area contributed by atoms with Crippen LogP contribution in [0.3, 0.4) is 0 Å². The van der Waals surface area contributed by atoms with Crippen LogP contribution in [0.5, 0.6) is 11.6 Å². The molecule has 15 heteroatoms. The Balaban J connectivity index is 0.00000192. The van der Waals surface area contributed by atoms with Crippen LogP contribution in [0, 0.1) is 11.3 Å². The predicted octanol–water partition coefficient (Wildman–Crippen LogP) is 2.40. The van der Waals surface area contributed by atoms with E-state index in [1.54, 1.807) is 11.9 Å². The molecule has 0 radical (unpaired) electrons. The van der Waals surface area contributed by atoms with Crippen LogP contribution in [0.2, 0.25) is 0 Å². The van der Waals surface area contributed by atoms with Gasteiger partial charge in [-0.15, -0.1) is 12.7 Å². The Bertz CT molecular complexity index is 1210. The van der Waals surface area contributed by atoms with Crippen LogP contribution in [-0.4, -0.2) is 72.0 Å². The quantitative estimate of drug-likeness (QED) is 0.201.